The fourth-order valence-electron chi connectivity index (χ4n) is 1.61. The molecule has 0 aliphatic carbocycles. The van der Waals surface area contributed by atoms with Crippen molar-refractivity contribution < 1.29 is 4.79 Å². The van der Waals surface area contributed by atoms with Crippen molar-refractivity contribution >= 4 is 11.9 Å². The number of nitrogens with zero attached hydrogens (tertiary/aromatic N) is 1. The van der Waals surface area contributed by atoms with Crippen LogP contribution in [-0.4, -0.2) is 15.9 Å². The highest BCUT2D eigenvalue weighted by molar-refractivity contribution is 6.03. The lowest BCUT2D eigenvalue weighted by atomic mass is 10.1. The minimum absolute atomic E-state index is 0.137. The Kier molecular flexibility index (Phi) is 3.72. The molecule has 0 unspecified atom stereocenters. The minimum atomic E-state index is -0.336. The standard InChI is InChI=1S/C13H14N4O2/c1-8-6-11(18)16-13(15-8)17-12(19)10-4-2-9(7-14)3-5-10/h2-6H,7,14H2,1H3,(H2,15,16,17,18,19). The summed E-state index contributed by atoms with van der Waals surface area (Å²) in [6.07, 6.45) is 0. The number of rotatable bonds is 3. The average Bonchev–Trinajstić information content (AvgIpc) is 2.37. The molecule has 0 aliphatic heterocycles. The predicted octanol–water partition coefficient (Wildman–Crippen LogP) is 0.789. The van der Waals surface area contributed by atoms with Crippen molar-refractivity contribution in [2.45, 2.75) is 13.5 Å². The number of H-pyrrole nitrogens is 1. The summed E-state index contributed by atoms with van der Waals surface area (Å²) < 4.78 is 0. The molecule has 0 spiro atoms. The number of benzene rings is 1. The highest BCUT2D eigenvalue weighted by Crippen LogP contribution is 2.06. The van der Waals surface area contributed by atoms with Gasteiger partial charge >= 0.3 is 0 Å². The third kappa shape index (κ3) is 3.26. The van der Waals surface area contributed by atoms with E-state index in [2.05, 4.69) is 15.3 Å². The van der Waals surface area contributed by atoms with Crippen LogP contribution in [0.5, 0.6) is 0 Å². The van der Waals surface area contributed by atoms with E-state index in [0.717, 1.165) is 5.56 Å². The maximum absolute atomic E-state index is 11.9. The van der Waals surface area contributed by atoms with Crippen molar-refractivity contribution in [3.05, 3.63) is 57.5 Å². The topological polar surface area (TPSA) is 101 Å². The quantitative estimate of drug-likeness (QED) is 0.757. The van der Waals surface area contributed by atoms with Crippen LogP contribution in [0.25, 0.3) is 0 Å². The lowest BCUT2D eigenvalue weighted by Gasteiger charge is -2.05. The Morgan fingerprint density at radius 1 is 1.37 bits per heavy atom. The first-order valence-corrected chi connectivity index (χ1v) is 5.77. The lowest BCUT2D eigenvalue weighted by molar-refractivity contribution is 0.102. The van der Waals surface area contributed by atoms with Crippen molar-refractivity contribution in [3.8, 4) is 0 Å². The van der Waals surface area contributed by atoms with E-state index in [4.69, 9.17) is 5.73 Å². The second kappa shape index (κ2) is 5.45. The summed E-state index contributed by atoms with van der Waals surface area (Å²) >= 11 is 0. The Balaban J connectivity index is 2.17. The zero-order chi connectivity index (χ0) is 13.8. The summed E-state index contributed by atoms with van der Waals surface area (Å²) in [6.45, 7) is 2.11. The minimum Gasteiger partial charge on any atom is -0.326 e. The molecule has 6 nitrogen and oxygen atoms in total. The van der Waals surface area contributed by atoms with Crippen LogP contribution in [0, 0.1) is 6.92 Å². The van der Waals surface area contributed by atoms with Gasteiger partial charge in [0.15, 0.2) is 0 Å². The van der Waals surface area contributed by atoms with Crippen LogP contribution in [0.3, 0.4) is 0 Å². The van der Waals surface area contributed by atoms with E-state index in [1.54, 1.807) is 31.2 Å². The number of hydrogen-bond acceptors (Lipinski definition) is 4. The molecule has 19 heavy (non-hydrogen) atoms. The van der Waals surface area contributed by atoms with Crippen LogP contribution in [0.4, 0.5) is 5.95 Å². The van der Waals surface area contributed by atoms with Gasteiger partial charge in [-0.25, -0.2) is 4.98 Å². The number of nitrogens with two attached hydrogens (primary N) is 1. The molecule has 1 aromatic carbocycles. The first kappa shape index (κ1) is 13.0. The first-order valence-electron chi connectivity index (χ1n) is 5.77. The summed E-state index contributed by atoms with van der Waals surface area (Å²) in [4.78, 5) is 29.7. The van der Waals surface area contributed by atoms with Crippen molar-refractivity contribution in [1.82, 2.24) is 9.97 Å². The normalized spacial score (nSPS) is 10.2. The van der Waals surface area contributed by atoms with E-state index >= 15 is 0 Å². The van der Waals surface area contributed by atoms with E-state index < -0.39 is 0 Å². The molecule has 0 radical (unpaired) electrons. The van der Waals surface area contributed by atoms with Crippen molar-refractivity contribution in [1.29, 1.82) is 0 Å². The monoisotopic (exact) mass is 258 g/mol. The summed E-state index contributed by atoms with van der Waals surface area (Å²) in [6, 6.07) is 8.26. The molecular weight excluding hydrogens is 244 g/mol. The van der Waals surface area contributed by atoms with Gasteiger partial charge in [-0.2, -0.15) is 0 Å². The number of nitrogens with one attached hydrogen (secondary N) is 2. The molecule has 98 valence electrons. The van der Waals surface area contributed by atoms with Crippen LogP contribution >= 0.6 is 0 Å². The molecule has 4 N–H and O–H groups in total. The molecule has 0 bridgehead atoms. The number of anilines is 1. The molecule has 1 amide bonds. The van der Waals surface area contributed by atoms with Crippen molar-refractivity contribution in [3.63, 3.8) is 0 Å². The zero-order valence-corrected chi connectivity index (χ0v) is 10.4. The Hall–Kier alpha value is -2.47. The molecule has 2 rings (SSSR count). The van der Waals surface area contributed by atoms with Crippen molar-refractivity contribution in [2.24, 2.45) is 5.73 Å². The number of hydrogen-bond donors (Lipinski definition) is 3. The van der Waals surface area contributed by atoms with E-state index in [9.17, 15) is 9.59 Å². The first-order chi connectivity index (χ1) is 9.08. The van der Waals surface area contributed by atoms with Crippen LogP contribution in [0.2, 0.25) is 0 Å². The van der Waals surface area contributed by atoms with Gasteiger partial charge in [-0.3, -0.25) is 19.9 Å². The molecule has 0 saturated carbocycles. The van der Waals surface area contributed by atoms with Gasteiger partial charge in [-0.1, -0.05) is 12.1 Å². The number of amides is 1. The fraction of sp³-hybridized carbons (Fsp3) is 0.154. The average molecular weight is 258 g/mol. The van der Waals surface area contributed by atoms with Crippen LogP contribution in [0.1, 0.15) is 21.6 Å². The number of carbonyl (C=O) groups is 1. The Bertz CT molecular complexity index is 646. The molecule has 0 aliphatic rings. The Labute approximate surface area is 109 Å². The van der Waals surface area contributed by atoms with Gasteiger partial charge < -0.3 is 5.73 Å². The van der Waals surface area contributed by atoms with E-state index in [0.29, 0.717) is 17.8 Å². The summed E-state index contributed by atoms with van der Waals surface area (Å²) in [7, 11) is 0. The van der Waals surface area contributed by atoms with Gasteiger partial charge in [-0.05, 0) is 24.6 Å². The maximum atomic E-state index is 11.9. The lowest BCUT2D eigenvalue weighted by Crippen LogP contribution is -2.18. The molecule has 0 saturated heterocycles. The van der Waals surface area contributed by atoms with Crippen LogP contribution in [0.15, 0.2) is 35.1 Å². The highest BCUT2D eigenvalue weighted by Gasteiger charge is 2.07. The van der Waals surface area contributed by atoms with Gasteiger partial charge in [0, 0.05) is 23.9 Å². The smallest absolute Gasteiger partial charge is 0.257 e. The van der Waals surface area contributed by atoms with Gasteiger partial charge in [0.05, 0.1) is 0 Å². The highest BCUT2D eigenvalue weighted by atomic mass is 16.2. The fourth-order valence-corrected chi connectivity index (χ4v) is 1.61. The van der Waals surface area contributed by atoms with E-state index in [1.807, 2.05) is 0 Å². The van der Waals surface area contributed by atoms with Crippen LogP contribution in [-0.2, 0) is 6.54 Å². The zero-order valence-electron chi connectivity index (χ0n) is 10.4. The summed E-state index contributed by atoms with van der Waals surface area (Å²) in [5, 5.41) is 2.54. The van der Waals surface area contributed by atoms with E-state index in [1.165, 1.54) is 6.07 Å². The van der Waals surface area contributed by atoms with Gasteiger partial charge in [-0.15, -0.1) is 0 Å². The number of aromatic amines is 1. The second-order valence-corrected chi connectivity index (χ2v) is 4.09. The molecule has 0 fully saturated rings. The molecule has 2 aromatic rings. The Morgan fingerprint density at radius 2 is 2.05 bits per heavy atom. The van der Waals surface area contributed by atoms with E-state index in [-0.39, 0.29) is 17.4 Å². The Morgan fingerprint density at radius 3 is 2.63 bits per heavy atom. The third-order valence-corrected chi connectivity index (χ3v) is 2.55. The van der Waals surface area contributed by atoms with Gasteiger partial charge in [0.1, 0.15) is 0 Å². The van der Waals surface area contributed by atoms with Gasteiger partial charge in [0.2, 0.25) is 5.95 Å². The third-order valence-electron chi connectivity index (χ3n) is 2.55. The van der Waals surface area contributed by atoms with Gasteiger partial charge in [0.25, 0.3) is 11.5 Å². The largest absolute Gasteiger partial charge is 0.326 e. The molecule has 6 heteroatoms. The summed E-state index contributed by atoms with van der Waals surface area (Å²) in [5.74, 6) is -0.199. The van der Waals surface area contributed by atoms with Crippen molar-refractivity contribution in [2.75, 3.05) is 5.32 Å². The molecule has 0 atom stereocenters. The number of aromatic nitrogens is 2. The molecule has 1 aromatic heterocycles. The summed E-state index contributed by atoms with van der Waals surface area (Å²) in [5.41, 5.74) is 7.13. The van der Waals surface area contributed by atoms with Crippen LogP contribution < -0.4 is 16.6 Å². The molecular formula is C13H14N4O2. The SMILES string of the molecule is Cc1cc(=O)[nH]c(NC(=O)c2ccc(CN)cc2)n1. The second-order valence-electron chi connectivity index (χ2n) is 4.09. The number of carbonyl (C=O) groups excluding carboxylic acids is 1. The molecule has 1 heterocycles. The predicted molar refractivity (Wildman–Crippen MR) is 71.9 cm³/mol. The maximum Gasteiger partial charge on any atom is 0.257 e. The number of aryl methyl sites for hydroxylation is 1.